The van der Waals surface area contributed by atoms with Crippen LogP contribution in [0.3, 0.4) is 0 Å². The van der Waals surface area contributed by atoms with Gasteiger partial charge in [-0.2, -0.15) is 12.8 Å². The minimum absolute atomic E-state index is 0. The number of pyridine rings is 1. The van der Waals surface area contributed by atoms with Gasteiger partial charge < -0.3 is 30.8 Å². The maximum Gasteiger partial charge on any atom is 1.00 e. The molecule has 0 aliphatic heterocycles. The SMILES string of the molecule is CC(C)CCOc1cn[c-]c(CO[C-]=O)c1.CC1(O)C[CH-]C1.[Li+]. The summed E-state index contributed by atoms with van der Waals surface area (Å²) in [5.74, 6) is 1.28. The molecule has 1 aromatic rings. The maximum atomic E-state index is 9.90. The van der Waals surface area contributed by atoms with Crippen molar-refractivity contribution < 1.29 is 38.2 Å². The Morgan fingerprint density at radius 3 is 2.65 bits per heavy atom. The predicted octanol–water partition coefficient (Wildman–Crippen LogP) is -0.370. The van der Waals surface area contributed by atoms with E-state index in [0.29, 0.717) is 23.8 Å². The van der Waals surface area contributed by atoms with Crippen LogP contribution in [0.5, 0.6) is 5.75 Å². The molecule has 0 spiro atoms. The van der Waals surface area contributed by atoms with Gasteiger partial charge in [0.25, 0.3) is 0 Å². The summed E-state index contributed by atoms with van der Waals surface area (Å²) in [6, 6.07) is 1.75. The molecule has 124 valence electrons. The van der Waals surface area contributed by atoms with Crippen LogP contribution in [0.4, 0.5) is 0 Å². The van der Waals surface area contributed by atoms with Crippen LogP contribution in [0.1, 0.15) is 45.6 Å². The predicted molar refractivity (Wildman–Crippen MR) is 82.7 cm³/mol. The third-order valence-corrected chi connectivity index (χ3v) is 3.14. The molecule has 23 heavy (non-hydrogen) atoms. The molecule has 1 fully saturated rings. The minimum Gasteiger partial charge on any atom is -0.651 e. The van der Waals surface area contributed by atoms with E-state index in [1.807, 2.05) is 6.92 Å². The Balaban J connectivity index is 0.000000581. The summed E-state index contributed by atoms with van der Waals surface area (Å²) in [6.45, 7) is 8.27. The number of aliphatic hydroxyl groups is 1. The van der Waals surface area contributed by atoms with Crippen molar-refractivity contribution in [1.82, 2.24) is 4.98 Å². The molecule has 6 heteroatoms. The van der Waals surface area contributed by atoms with Crippen molar-refractivity contribution in [1.29, 1.82) is 0 Å². The van der Waals surface area contributed by atoms with E-state index in [9.17, 15) is 4.79 Å². The van der Waals surface area contributed by atoms with Gasteiger partial charge in [-0.1, -0.05) is 26.5 Å². The first-order chi connectivity index (χ1) is 10.4. The Bertz CT molecular complexity index is 446. The first kappa shape index (κ1) is 22.0. The molecule has 1 saturated carbocycles. The molecule has 1 aliphatic rings. The Morgan fingerprint density at radius 2 is 2.17 bits per heavy atom. The van der Waals surface area contributed by atoms with Crippen LogP contribution in [0.2, 0.25) is 0 Å². The first-order valence-electron chi connectivity index (χ1n) is 7.45. The molecular formula is C17H24LiNO4-2. The van der Waals surface area contributed by atoms with Gasteiger partial charge in [0.2, 0.25) is 0 Å². The molecule has 1 aromatic heterocycles. The van der Waals surface area contributed by atoms with Gasteiger partial charge in [0.15, 0.2) is 0 Å². The molecule has 1 aliphatic carbocycles. The van der Waals surface area contributed by atoms with Gasteiger partial charge in [-0.25, -0.2) is 0 Å². The fourth-order valence-corrected chi connectivity index (χ4v) is 1.65. The zero-order valence-corrected chi connectivity index (χ0v) is 14.5. The molecular weight excluding hydrogens is 289 g/mol. The topological polar surface area (TPSA) is 68.7 Å². The number of rotatable bonds is 7. The quantitative estimate of drug-likeness (QED) is 0.549. The summed E-state index contributed by atoms with van der Waals surface area (Å²) in [7, 11) is 0. The van der Waals surface area contributed by atoms with Gasteiger partial charge in [0.1, 0.15) is 0 Å². The molecule has 0 saturated heterocycles. The van der Waals surface area contributed by atoms with Crippen molar-refractivity contribution in [3.05, 3.63) is 30.4 Å². The summed E-state index contributed by atoms with van der Waals surface area (Å²) in [5, 5.41) is 8.88. The van der Waals surface area contributed by atoms with Crippen molar-refractivity contribution in [3.8, 4) is 5.75 Å². The van der Waals surface area contributed by atoms with Crippen molar-refractivity contribution in [3.63, 3.8) is 0 Å². The van der Waals surface area contributed by atoms with E-state index in [1.54, 1.807) is 12.3 Å². The average Bonchev–Trinajstić information content (AvgIpc) is 2.44. The normalized spacial score (nSPS) is 14.7. The Labute approximate surface area is 151 Å². The second-order valence-corrected chi connectivity index (χ2v) is 6.04. The van der Waals surface area contributed by atoms with Gasteiger partial charge in [-0.05, 0) is 25.5 Å². The second kappa shape index (κ2) is 11.5. The van der Waals surface area contributed by atoms with Crippen LogP contribution in [-0.4, -0.2) is 28.8 Å². The minimum atomic E-state index is -0.333. The summed E-state index contributed by atoms with van der Waals surface area (Å²) in [6.07, 6.45) is 9.14. The van der Waals surface area contributed by atoms with Crippen molar-refractivity contribution in [2.45, 2.75) is 52.2 Å². The van der Waals surface area contributed by atoms with Crippen LogP contribution < -0.4 is 23.6 Å². The smallest absolute Gasteiger partial charge is 0.651 e. The van der Waals surface area contributed by atoms with Gasteiger partial charge in [-0.15, -0.1) is 11.6 Å². The van der Waals surface area contributed by atoms with E-state index in [1.165, 1.54) is 6.47 Å². The van der Waals surface area contributed by atoms with E-state index in [4.69, 9.17) is 9.84 Å². The van der Waals surface area contributed by atoms with Crippen LogP contribution in [-0.2, 0) is 16.1 Å². The van der Waals surface area contributed by atoms with E-state index >= 15 is 0 Å². The molecule has 0 unspecified atom stereocenters. The zero-order valence-electron chi connectivity index (χ0n) is 14.5. The number of hydrogen-bond donors (Lipinski definition) is 1. The van der Waals surface area contributed by atoms with E-state index in [-0.39, 0.29) is 31.1 Å². The fraction of sp³-hybridized carbons (Fsp3) is 0.588. The largest absolute Gasteiger partial charge is 1.00 e. The number of nitrogens with zero attached hydrogens (tertiary/aromatic N) is 1. The Morgan fingerprint density at radius 1 is 1.52 bits per heavy atom. The fourth-order valence-electron chi connectivity index (χ4n) is 1.65. The van der Waals surface area contributed by atoms with Gasteiger partial charge >= 0.3 is 18.9 Å². The number of hydrogen-bond acceptors (Lipinski definition) is 5. The molecule has 0 atom stereocenters. The van der Waals surface area contributed by atoms with Gasteiger partial charge in [0.05, 0.1) is 13.2 Å². The third-order valence-electron chi connectivity index (χ3n) is 3.14. The van der Waals surface area contributed by atoms with E-state index in [2.05, 4.69) is 36.2 Å². The second-order valence-electron chi connectivity index (χ2n) is 6.04. The molecule has 0 aromatic carbocycles. The molecule has 5 nitrogen and oxygen atoms in total. The van der Waals surface area contributed by atoms with Gasteiger partial charge in [0, 0.05) is 11.4 Å². The van der Waals surface area contributed by atoms with Crippen LogP contribution in [0.25, 0.3) is 0 Å². The molecule has 0 radical (unpaired) electrons. The third kappa shape index (κ3) is 10.4. The standard InChI is InChI=1S/C12H15NO3.C5H9O.Li/c1-10(2)3-4-16-12-5-11(6-13-7-12)8-15-9-14;1-5(6)3-2-4-5;/h5,7,10H,3-4,8H2,1-2H3;2,6H,3-4H2,1H3;/q-2;-1;+1. The summed E-state index contributed by atoms with van der Waals surface area (Å²) in [5.41, 5.74) is 0.338. The van der Waals surface area contributed by atoms with Crippen LogP contribution in [0, 0.1) is 18.5 Å². The first-order valence-corrected chi connectivity index (χ1v) is 7.45. The Kier molecular flexibility index (Phi) is 11.0. The Hall–Kier alpha value is -1.02. The monoisotopic (exact) mass is 313 g/mol. The summed E-state index contributed by atoms with van der Waals surface area (Å²) >= 11 is 0. The van der Waals surface area contributed by atoms with E-state index in [0.717, 1.165) is 19.3 Å². The summed E-state index contributed by atoms with van der Waals surface area (Å²) < 4.78 is 9.99. The van der Waals surface area contributed by atoms with Gasteiger partial charge in [-0.3, -0.25) is 0 Å². The van der Waals surface area contributed by atoms with Crippen LogP contribution >= 0.6 is 0 Å². The van der Waals surface area contributed by atoms with Crippen LogP contribution in [0.15, 0.2) is 12.3 Å². The number of ether oxygens (including phenoxy) is 2. The zero-order chi connectivity index (χ0) is 16.4. The maximum absolute atomic E-state index is 9.90. The molecule has 0 amide bonds. The number of aromatic nitrogens is 1. The molecule has 1 N–H and O–H groups in total. The molecule has 2 rings (SSSR count). The van der Waals surface area contributed by atoms with Crippen molar-refractivity contribution in [2.75, 3.05) is 6.61 Å². The average molecular weight is 313 g/mol. The summed E-state index contributed by atoms with van der Waals surface area (Å²) in [4.78, 5) is 13.8. The molecule has 0 bridgehead atoms. The van der Waals surface area contributed by atoms with Crippen molar-refractivity contribution in [2.24, 2.45) is 5.92 Å². The van der Waals surface area contributed by atoms with E-state index < -0.39 is 0 Å². The van der Waals surface area contributed by atoms with Crippen molar-refractivity contribution >= 4 is 6.47 Å². The molecule has 1 heterocycles. The number of carbonyl (C=O) groups excluding carboxylic acids is 1.